The molecule has 0 aliphatic carbocycles. The van der Waals surface area contributed by atoms with Crippen LogP contribution in [0.1, 0.15) is 58.2 Å². The summed E-state index contributed by atoms with van der Waals surface area (Å²) < 4.78 is 5.32. The molecule has 3 aromatic rings. The van der Waals surface area contributed by atoms with Crippen LogP contribution in [0.25, 0.3) is 0 Å². The summed E-state index contributed by atoms with van der Waals surface area (Å²) in [6, 6.07) is 18.3. The Morgan fingerprint density at radius 3 is 2.48 bits per heavy atom. The predicted molar refractivity (Wildman–Crippen MR) is 131 cm³/mol. The van der Waals surface area contributed by atoms with Gasteiger partial charge in [-0.1, -0.05) is 31.9 Å². The molecule has 0 spiro atoms. The third-order valence-electron chi connectivity index (χ3n) is 5.42. The van der Waals surface area contributed by atoms with Gasteiger partial charge in [-0.15, -0.1) is 0 Å². The molecule has 0 fully saturated rings. The molecule has 6 nitrogen and oxygen atoms in total. The molecule has 0 aliphatic heterocycles. The van der Waals surface area contributed by atoms with E-state index >= 15 is 0 Å². The van der Waals surface area contributed by atoms with Gasteiger partial charge in [-0.2, -0.15) is 0 Å². The molecule has 33 heavy (non-hydrogen) atoms. The number of hydrogen-bond acceptors (Lipinski definition) is 4. The Morgan fingerprint density at radius 2 is 1.79 bits per heavy atom. The Balaban J connectivity index is 1.63. The fourth-order valence-corrected chi connectivity index (χ4v) is 3.62. The minimum atomic E-state index is -0.212. The Morgan fingerprint density at radius 1 is 1.00 bits per heavy atom. The number of nitrogens with zero attached hydrogens (tertiary/aromatic N) is 1. The van der Waals surface area contributed by atoms with Crippen LogP contribution >= 0.6 is 0 Å². The lowest BCUT2D eigenvalue weighted by Gasteiger charge is -2.19. The molecule has 172 valence electrons. The third-order valence-corrected chi connectivity index (χ3v) is 5.42. The van der Waals surface area contributed by atoms with Crippen molar-refractivity contribution in [3.8, 4) is 5.75 Å². The summed E-state index contributed by atoms with van der Waals surface area (Å²) in [5.74, 6) is 0.477. The average Bonchev–Trinajstić information content (AvgIpc) is 2.83. The maximum atomic E-state index is 12.9. The molecule has 2 aromatic carbocycles. The van der Waals surface area contributed by atoms with Crippen LogP contribution in [0.4, 0.5) is 5.69 Å². The van der Waals surface area contributed by atoms with Crippen LogP contribution in [-0.4, -0.2) is 29.9 Å². The summed E-state index contributed by atoms with van der Waals surface area (Å²) in [5, 5.41) is 6.03. The molecular weight excluding hydrogens is 414 g/mol. The number of unbranched alkanes of at least 4 members (excludes halogenated alkanes) is 1. The first-order chi connectivity index (χ1) is 16.0. The summed E-state index contributed by atoms with van der Waals surface area (Å²) in [7, 11) is 1.65. The van der Waals surface area contributed by atoms with E-state index in [1.165, 1.54) is 0 Å². The number of pyridine rings is 1. The zero-order chi connectivity index (χ0) is 23.6. The predicted octanol–water partition coefficient (Wildman–Crippen LogP) is 5.18. The van der Waals surface area contributed by atoms with Crippen LogP contribution in [-0.2, 0) is 6.42 Å². The summed E-state index contributed by atoms with van der Waals surface area (Å²) >= 11 is 0. The van der Waals surface area contributed by atoms with Crippen LogP contribution in [0.3, 0.4) is 0 Å². The SMILES string of the molecule is CCCC[C@@H](Cc1cccc(OC)c1)NC(=O)c1ccc(NC(=O)c2ccnc(C)c2)cc1. The third kappa shape index (κ3) is 7.17. The maximum Gasteiger partial charge on any atom is 0.255 e. The Hall–Kier alpha value is -3.67. The second-order valence-corrected chi connectivity index (χ2v) is 8.09. The van der Waals surface area contributed by atoms with Gasteiger partial charge in [0.1, 0.15) is 5.75 Å². The van der Waals surface area contributed by atoms with Crippen LogP contribution in [0.5, 0.6) is 5.75 Å². The molecule has 2 N–H and O–H groups in total. The van der Waals surface area contributed by atoms with Gasteiger partial charge in [0.2, 0.25) is 0 Å². The molecule has 1 aromatic heterocycles. The van der Waals surface area contributed by atoms with Gasteiger partial charge in [0.05, 0.1) is 7.11 Å². The largest absolute Gasteiger partial charge is 0.497 e. The first-order valence-electron chi connectivity index (χ1n) is 11.3. The van der Waals surface area contributed by atoms with Gasteiger partial charge in [-0.05, 0) is 73.9 Å². The molecule has 0 saturated carbocycles. The van der Waals surface area contributed by atoms with Crippen molar-refractivity contribution in [2.75, 3.05) is 12.4 Å². The van der Waals surface area contributed by atoms with E-state index in [1.807, 2.05) is 25.1 Å². The summed E-state index contributed by atoms with van der Waals surface area (Å²) in [5.41, 5.74) is 3.63. The number of benzene rings is 2. The van der Waals surface area contributed by atoms with Crippen molar-refractivity contribution in [1.29, 1.82) is 0 Å². The van der Waals surface area contributed by atoms with E-state index in [0.717, 1.165) is 42.7 Å². The average molecular weight is 446 g/mol. The minimum Gasteiger partial charge on any atom is -0.497 e. The van der Waals surface area contributed by atoms with Gasteiger partial charge in [-0.25, -0.2) is 0 Å². The molecule has 3 rings (SSSR count). The second kappa shape index (κ2) is 11.8. The molecule has 0 unspecified atom stereocenters. The number of ether oxygens (including phenoxy) is 1. The number of methoxy groups -OCH3 is 1. The zero-order valence-electron chi connectivity index (χ0n) is 19.4. The van der Waals surface area contributed by atoms with E-state index in [2.05, 4.69) is 28.6 Å². The molecule has 0 radical (unpaired) electrons. The zero-order valence-corrected chi connectivity index (χ0v) is 19.4. The van der Waals surface area contributed by atoms with Crippen molar-refractivity contribution in [3.63, 3.8) is 0 Å². The van der Waals surface area contributed by atoms with Crippen LogP contribution in [0.2, 0.25) is 0 Å². The summed E-state index contributed by atoms with van der Waals surface area (Å²) in [4.78, 5) is 29.4. The summed E-state index contributed by atoms with van der Waals surface area (Å²) in [6.07, 6.45) is 5.35. The van der Waals surface area contributed by atoms with E-state index < -0.39 is 0 Å². The molecular formula is C27H31N3O3. The van der Waals surface area contributed by atoms with Gasteiger partial charge in [0, 0.05) is 34.7 Å². The molecule has 2 amide bonds. The lowest BCUT2D eigenvalue weighted by molar-refractivity contribution is 0.0934. The van der Waals surface area contributed by atoms with Gasteiger partial charge >= 0.3 is 0 Å². The topological polar surface area (TPSA) is 80.3 Å². The lowest BCUT2D eigenvalue weighted by atomic mass is 10.00. The molecule has 0 aliphatic rings. The number of aromatic nitrogens is 1. The quantitative estimate of drug-likeness (QED) is 0.450. The van der Waals surface area contributed by atoms with Crippen molar-refractivity contribution in [3.05, 3.63) is 89.2 Å². The van der Waals surface area contributed by atoms with E-state index in [1.54, 1.807) is 49.7 Å². The number of aryl methyl sites for hydroxylation is 1. The maximum absolute atomic E-state index is 12.9. The van der Waals surface area contributed by atoms with E-state index in [4.69, 9.17) is 4.74 Å². The summed E-state index contributed by atoms with van der Waals surface area (Å²) in [6.45, 7) is 3.98. The van der Waals surface area contributed by atoms with E-state index in [9.17, 15) is 9.59 Å². The second-order valence-electron chi connectivity index (χ2n) is 8.09. The molecule has 1 heterocycles. The van der Waals surface area contributed by atoms with Gasteiger partial charge in [0.25, 0.3) is 11.8 Å². The minimum absolute atomic E-state index is 0.0267. The van der Waals surface area contributed by atoms with Crippen molar-refractivity contribution in [2.24, 2.45) is 0 Å². The first kappa shape index (κ1) is 24.0. The van der Waals surface area contributed by atoms with Crippen molar-refractivity contribution >= 4 is 17.5 Å². The Labute approximate surface area is 195 Å². The highest BCUT2D eigenvalue weighted by molar-refractivity contribution is 6.04. The van der Waals surface area contributed by atoms with Crippen LogP contribution < -0.4 is 15.4 Å². The van der Waals surface area contributed by atoms with Crippen LogP contribution in [0.15, 0.2) is 66.9 Å². The van der Waals surface area contributed by atoms with Gasteiger partial charge in [0.15, 0.2) is 0 Å². The Bertz CT molecular complexity index is 1080. The monoisotopic (exact) mass is 445 g/mol. The van der Waals surface area contributed by atoms with Crippen molar-refractivity contribution < 1.29 is 14.3 Å². The Kier molecular flexibility index (Phi) is 8.58. The number of carbonyl (C=O) groups excluding carboxylic acids is 2. The standard InChI is InChI=1S/C27H31N3O3/c1-4-5-8-24(17-20-7-6-9-25(18-20)33-3)30-26(31)21-10-12-23(13-11-21)29-27(32)22-14-15-28-19(2)16-22/h6-7,9-16,18,24H,4-5,8,17H2,1-3H3,(H,29,32)(H,30,31)/t24-/m0/s1. The molecule has 6 heteroatoms. The highest BCUT2D eigenvalue weighted by Gasteiger charge is 2.15. The number of amides is 2. The van der Waals surface area contributed by atoms with Gasteiger partial charge in [-0.3, -0.25) is 14.6 Å². The fraction of sp³-hybridized carbons (Fsp3) is 0.296. The highest BCUT2D eigenvalue weighted by atomic mass is 16.5. The molecule has 0 saturated heterocycles. The number of nitrogens with one attached hydrogen (secondary N) is 2. The highest BCUT2D eigenvalue weighted by Crippen LogP contribution is 2.17. The van der Waals surface area contributed by atoms with Crippen molar-refractivity contribution in [2.45, 2.75) is 45.6 Å². The number of hydrogen-bond donors (Lipinski definition) is 2. The normalized spacial score (nSPS) is 11.5. The fourth-order valence-electron chi connectivity index (χ4n) is 3.62. The number of rotatable bonds is 10. The van der Waals surface area contributed by atoms with Crippen LogP contribution in [0, 0.1) is 6.92 Å². The molecule has 1 atom stereocenters. The number of anilines is 1. The van der Waals surface area contributed by atoms with E-state index in [-0.39, 0.29) is 17.9 Å². The van der Waals surface area contributed by atoms with Crippen molar-refractivity contribution in [1.82, 2.24) is 10.3 Å². The smallest absolute Gasteiger partial charge is 0.255 e. The molecule has 0 bridgehead atoms. The first-order valence-corrected chi connectivity index (χ1v) is 11.3. The van der Waals surface area contributed by atoms with Gasteiger partial charge < -0.3 is 15.4 Å². The number of carbonyl (C=O) groups is 2. The van der Waals surface area contributed by atoms with E-state index in [0.29, 0.717) is 16.8 Å². The lowest BCUT2D eigenvalue weighted by Crippen LogP contribution is -2.36.